The number of hydrogen-bond donors (Lipinski definition) is 0. The molecule has 2 rings (SSSR count). The zero-order valence-corrected chi connectivity index (χ0v) is 16.1. The van der Waals surface area contributed by atoms with Crippen LogP contribution in [0.15, 0.2) is 54.6 Å². The number of esters is 2. The second-order valence-corrected chi connectivity index (χ2v) is 6.52. The molecule has 0 aromatic heterocycles. The third kappa shape index (κ3) is 6.55. The van der Waals surface area contributed by atoms with E-state index in [1.54, 1.807) is 36.4 Å². The molecule has 0 saturated carbocycles. The molecule has 0 saturated heterocycles. The molecule has 0 heterocycles. The standard InChI is InChI=1S/C23H28O4/c1-3-5-9-17-26-23(25)21(19-11-7-6-8-12-19)27-22(24)20-15-13-18(10-4-2)14-16-20/h6-8,11-16,21H,3-5,9-10,17H2,1-2H3. The molecule has 0 aliphatic carbocycles. The van der Waals surface area contributed by atoms with Crippen LogP contribution in [-0.4, -0.2) is 18.5 Å². The van der Waals surface area contributed by atoms with Crippen molar-refractivity contribution >= 4 is 11.9 Å². The van der Waals surface area contributed by atoms with E-state index in [2.05, 4.69) is 13.8 Å². The van der Waals surface area contributed by atoms with E-state index in [0.29, 0.717) is 17.7 Å². The summed E-state index contributed by atoms with van der Waals surface area (Å²) in [5.74, 6) is -1.06. The lowest BCUT2D eigenvalue weighted by Gasteiger charge is -2.17. The third-order valence-corrected chi connectivity index (χ3v) is 4.26. The van der Waals surface area contributed by atoms with E-state index < -0.39 is 18.0 Å². The molecule has 1 atom stereocenters. The van der Waals surface area contributed by atoms with Gasteiger partial charge in [0.25, 0.3) is 0 Å². The van der Waals surface area contributed by atoms with Crippen LogP contribution in [0.1, 0.15) is 67.1 Å². The summed E-state index contributed by atoms with van der Waals surface area (Å²) in [5.41, 5.74) is 2.20. The number of carbonyl (C=O) groups is 2. The van der Waals surface area contributed by atoms with Gasteiger partial charge in [0.2, 0.25) is 6.10 Å². The van der Waals surface area contributed by atoms with Gasteiger partial charge in [0.1, 0.15) is 0 Å². The fourth-order valence-electron chi connectivity index (χ4n) is 2.75. The molecule has 0 bridgehead atoms. The minimum Gasteiger partial charge on any atom is -0.463 e. The van der Waals surface area contributed by atoms with Gasteiger partial charge in [-0.05, 0) is 30.5 Å². The Labute approximate surface area is 161 Å². The van der Waals surface area contributed by atoms with E-state index in [-0.39, 0.29) is 0 Å². The first-order valence-corrected chi connectivity index (χ1v) is 9.67. The summed E-state index contributed by atoms with van der Waals surface area (Å²) >= 11 is 0. The molecule has 0 aliphatic heterocycles. The number of benzene rings is 2. The van der Waals surface area contributed by atoms with E-state index in [1.807, 2.05) is 18.2 Å². The lowest BCUT2D eigenvalue weighted by atomic mass is 10.1. The minimum atomic E-state index is -1.06. The van der Waals surface area contributed by atoms with Crippen LogP contribution in [-0.2, 0) is 20.7 Å². The summed E-state index contributed by atoms with van der Waals surface area (Å²) in [4.78, 5) is 25.1. The molecule has 144 valence electrons. The van der Waals surface area contributed by atoms with Gasteiger partial charge in [-0.3, -0.25) is 0 Å². The fourth-order valence-corrected chi connectivity index (χ4v) is 2.75. The predicted octanol–water partition coefficient (Wildman–Crippen LogP) is 5.27. The summed E-state index contributed by atoms with van der Waals surface area (Å²) in [6.07, 6.45) is 3.79. The predicted molar refractivity (Wildman–Crippen MR) is 106 cm³/mol. The van der Waals surface area contributed by atoms with E-state index in [1.165, 1.54) is 5.56 Å². The largest absolute Gasteiger partial charge is 0.463 e. The Kier molecular flexibility index (Phi) is 8.56. The maximum Gasteiger partial charge on any atom is 0.352 e. The Balaban J connectivity index is 2.08. The highest BCUT2D eigenvalue weighted by atomic mass is 16.6. The van der Waals surface area contributed by atoms with Crippen molar-refractivity contribution in [3.8, 4) is 0 Å². The Hall–Kier alpha value is -2.62. The Morgan fingerprint density at radius 3 is 2.22 bits per heavy atom. The normalized spacial score (nSPS) is 11.6. The van der Waals surface area contributed by atoms with Crippen molar-refractivity contribution in [1.29, 1.82) is 0 Å². The molecule has 0 aliphatic rings. The SMILES string of the molecule is CCCCCOC(=O)C(OC(=O)c1ccc(CCC)cc1)c1ccccc1. The number of hydrogen-bond acceptors (Lipinski definition) is 4. The molecule has 0 spiro atoms. The molecule has 0 N–H and O–H groups in total. The summed E-state index contributed by atoms with van der Waals surface area (Å²) in [5, 5.41) is 0. The summed E-state index contributed by atoms with van der Waals surface area (Å²) in [6.45, 7) is 4.53. The van der Waals surface area contributed by atoms with Gasteiger partial charge in [0, 0.05) is 5.56 Å². The summed E-state index contributed by atoms with van der Waals surface area (Å²) in [7, 11) is 0. The minimum absolute atomic E-state index is 0.333. The van der Waals surface area contributed by atoms with Crippen molar-refractivity contribution in [2.24, 2.45) is 0 Å². The zero-order chi connectivity index (χ0) is 19.5. The molecule has 27 heavy (non-hydrogen) atoms. The third-order valence-electron chi connectivity index (χ3n) is 4.26. The van der Waals surface area contributed by atoms with Gasteiger partial charge in [-0.25, -0.2) is 9.59 Å². The number of unbranched alkanes of at least 4 members (excludes halogenated alkanes) is 2. The first kappa shape index (κ1) is 20.7. The number of aryl methyl sites for hydroxylation is 1. The quantitative estimate of drug-likeness (QED) is 0.423. The topological polar surface area (TPSA) is 52.6 Å². The van der Waals surface area contributed by atoms with Crippen molar-refractivity contribution in [1.82, 2.24) is 0 Å². The van der Waals surface area contributed by atoms with Crippen molar-refractivity contribution in [2.45, 2.75) is 52.1 Å². The van der Waals surface area contributed by atoms with Gasteiger partial charge in [-0.1, -0.05) is 75.6 Å². The fraction of sp³-hybridized carbons (Fsp3) is 0.391. The van der Waals surface area contributed by atoms with Gasteiger partial charge in [-0.15, -0.1) is 0 Å². The van der Waals surface area contributed by atoms with Crippen LogP contribution in [0, 0.1) is 0 Å². The molecular weight excluding hydrogens is 340 g/mol. The van der Waals surface area contributed by atoms with E-state index in [9.17, 15) is 9.59 Å². The summed E-state index contributed by atoms with van der Waals surface area (Å²) < 4.78 is 10.9. The smallest absolute Gasteiger partial charge is 0.352 e. The first-order chi connectivity index (χ1) is 13.2. The van der Waals surface area contributed by atoms with Crippen LogP contribution in [0.5, 0.6) is 0 Å². The average Bonchev–Trinajstić information content (AvgIpc) is 2.70. The van der Waals surface area contributed by atoms with Crippen LogP contribution in [0.3, 0.4) is 0 Å². The van der Waals surface area contributed by atoms with Gasteiger partial charge in [-0.2, -0.15) is 0 Å². The lowest BCUT2D eigenvalue weighted by molar-refractivity contribution is -0.154. The second-order valence-electron chi connectivity index (χ2n) is 6.52. The van der Waals surface area contributed by atoms with E-state index in [0.717, 1.165) is 32.1 Å². The number of carbonyl (C=O) groups excluding carboxylic acids is 2. The van der Waals surface area contributed by atoms with Crippen molar-refractivity contribution in [2.75, 3.05) is 6.61 Å². The molecule has 1 unspecified atom stereocenters. The van der Waals surface area contributed by atoms with E-state index in [4.69, 9.17) is 9.47 Å². The van der Waals surface area contributed by atoms with Gasteiger partial charge in [0.15, 0.2) is 0 Å². The first-order valence-electron chi connectivity index (χ1n) is 9.67. The number of ether oxygens (including phenoxy) is 2. The van der Waals surface area contributed by atoms with Gasteiger partial charge >= 0.3 is 11.9 Å². The molecule has 0 radical (unpaired) electrons. The average molecular weight is 368 g/mol. The van der Waals surface area contributed by atoms with Crippen LogP contribution in [0.2, 0.25) is 0 Å². The molecule has 2 aromatic rings. The zero-order valence-electron chi connectivity index (χ0n) is 16.1. The maximum absolute atomic E-state index is 12.5. The molecule has 4 heteroatoms. The van der Waals surface area contributed by atoms with Crippen LogP contribution >= 0.6 is 0 Å². The molecular formula is C23H28O4. The molecule has 2 aromatic carbocycles. The van der Waals surface area contributed by atoms with Crippen molar-refractivity contribution in [3.63, 3.8) is 0 Å². The van der Waals surface area contributed by atoms with Crippen LogP contribution < -0.4 is 0 Å². The second kappa shape index (κ2) is 11.2. The maximum atomic E-state index is 12.5. The summed E-state index contributed by atoms with van der Waals surface area (Å²) in [6, 6.07) is 16.3. The monoisotopic (exact) mass is 368 g/mol. The highest BCUT2D eigenvalue weighted by molar-refractivity contribution is 5.91. The Morgan fingerprint density at radius 2 is 1.59 bits per heavy atom. The van der Waals surface area contributed by atoms with Crippen LogP contribution in [0.4, 0.5) is 0 Å². The lowest BCUT2D eigenvalue weighted by Crippen LogP contribution is -2.22. The van der Waals surface area contributed by atoms with Crippen molar-refractivity contribution in [3.05, 3.63) is 71.3 Å². The van der Waals surface area contributed by atoms with Gasteiger partial charge in [0.05, 0.1) is 12.2 Å². The Morgan fingerprint density at radius 1 is 0.889 bits per heavy atom. The Bertz CT molecular complexity index is 707. The number of rotatable bonds is 10. The van der Waals surface area contributed by atoms with E-state index >= 15 is 0 Å². The van der Waals surface area contributed by atoms with Crippen LogP contribution in [0.25, 0.3) is 0 Å². The van der Waals surface area contributed by atoms with Gasteiger partial charge < -0.3 is 9.47 Å². The molecule has 0 fully saturated rings. The highest BCUT2D eigenvalue weighted by Gasteiger charge is 2.27. The molecule has 4 nitrogen and oxygen atoms in total. The van der Waals surface area contributed by atoms with Crippen molar-refractivity contribution < 1.29 is 19.1 Å². The highest BCUT2D eigenvalue weighted by Crippen LogP contribution is 2.21. The molecule has 0 amide bonds.